The zero-order valence-electron chi connectivity index (χ0n) is 16.6. The molecule has 2 saturated heterocycles. The van der Waals surface area contributed by atoms with Gasteiger partial charge in [0.2, 0.25) is 0 Å². The molecule has 8 heteroatoms. The van der Waals surface area contributed by atoms with E-state index in [-0.39, 0.29) is 24.0 Å². The van der Waals surface area contributed by atoms with Gasteiger partial charge >= 0.3 is 0 Å². The number of nitrogens with one attached hydrogen (secondary N) is 1. The molecule has 1 N–H and O–H groups in total. The Hall–Kier alpha value is -0.770. The van der Waals surface area contributed by atoms with Crippen LogP contribution in [-0.2, 0) is 9.47 Å². The van der Waals surface area contributed by atoms with E-state index in [0.717, 1.165) is 88.5 Å². The number of anilines is 1. The van der Waals surface area contributed by atoms with E-state index in [0.29, 0.717) is 6.10 Å². The lowest BCUT2D eigenvalue weighted by atomic mass is 10.1. The van der Waals surface area contributed by atoms with Gasteiger partial charge in [0.1, 0.15) is 0 Å². The molecule has 0 bridgehead atoms. The fraction of sp³-hybridized carbons (Fsp3) is 0.650. The van der Waals surface area contributed by atoms with E-state index in [1.165, 1.54) is 0 Å². The maximum atomic E-state index is 6.33. The van der Waals surface area contributed by atoms with Gasteiger partial charge < -0.3 is 24.6 Å². The Balaban J connectivity index is 0.00000280. The van der Waals surface area contributed by atoms with E-state index >= 15 is 0 Å². The van der Waals surface area contributed by atoms with Gasteiger partial charge in [-0.1, -0.05) is 23.7 Å². The van der Waals surface area contributed by atoms with Gasteiger partial charge in [-0.25, -0.2) is 0 Å². The first kappa shape index (κ1) is 23.5. The second-order valence-corrected chi connectivity index (χ2v) is 7.34. The van der Waals surface area contributed by atoms with Crippen molar-refractivity contribution in [3.63, 3.8) is 0 Å². The van der Waals surface area contributed by atoms with Crippen LogP contribution in [0.15, 0.2) is 29.3 Å². The second-order valence-electron chi connectivity index (χ2n) is 6.94. The minimum absolute atomic E-state index is 0. The molecule has 1 aromatic rings. The molecule has 0 aliphatic carbocycles. The summed E-state index contributed by atoms with van der Waals surface area (Å²) in [5.41, 5.74) is 1.12. The van der Waals surface area contributed by atoms with Crippen molar-refractivity contribution in [1.82, 2.24) is 10.2 Å². The van der Waals surface area contributed by atoms with E-state index in [2.05, 4.69) is 26.2 Å². The zero-order valence-corrected chi connectivity index (χ0v) is 19.7. The Morgan fingerprint density at radius 3 is 2.61 bits per heavy atom. The summed E-state index contributed by atoms with van der Waals surface area (Å²) in [6.45, 7) is 7.07. The maximum Gasteiger partial charge on any atom is 0.193 e. The van der Waals surface area contributed by atoms with Crippen LogP contribution < -0.4 is 10.2 Å². The average Bonchev–Trinajstić information content (AvgIpc) is 2.72. The van der Waals surface area contributed by atoms with Crippen molar-refractivity contribution in [2.45, 2.75) is 25.4 Å². The van der Waals surface area contributed by atoms with Crippen molar-refractivity contribution in [2.75, 3.05) is 64.5 Å². The summed E-state index contributed by atoms with van der Waals surface area (Å²) in [5.74, 6) is 0.972. The highest BCUT2D eigenvalue weighted by Crippen LogP contribution is 2.26. The third kappa shape index (κ3) is 6.93. The molecule has 0 unspecified atom stereocenters. The van der Waals surface area contributed by atoms with Crippen molar-refractivity contribution in [2.24, 2.45) is 4.99 Å². The monoisotopic (exact) mass is 522 g/mol. The van der Waals surface area contributed by atoms with Crippen LogP contribution in [0.3, 0.4) is 0 Å². The number of rotatable bonds is 6. The number of halogens is 2. The number of hydrogen-bond donors (Lipinski definition) is 1. The van der Waals surface area contributed by atoms with E-state index in [1.54, 1.807) is 0 Å². The predicted octanol–water partition coefficient (Wildman–Crippen LogP) is 3.24. The van der Waals surface area contributed by atoms with Crippen molar-refractivity contribution < 1.29 is 9.47 Å². The molecule has 0 spiro atoms. The molecule has 2 aliphatic rings. The van der Waals surface area contributed by atoms with Gasteiger partial charge in [-0.05, 0) is 31.4 Å². The minimum atomic E-state index is 0. The Kier molecular flexibility index (Phi) is 10.7. The normalized spacial score (nSPS) is 18.7. The Morgan fingerprint density at radius 2 is 1.93 bits per heavy atom. The first-order valence-electron chi connectivity index (χ1n) is 9.92. The van der Waals surface area contributed by atoms with Gasteiger partial charge in [0.05, 0.1) is 16.8 Å². The number of aliphatic imine (C=N–C) groups is 1. The molecular formula is C20H32ClIN4O2. The summed E-state index contributed by atoms with van der Waals surface area (Å²) in [5, 5.41) is 4.29. The molecular weight excluding hydrogens is 491 g/mol. The Labute approximate surface area is 190 Å². The molecule has 2 aliphatic heterocycles. The highest BCUT2D eigenvalue weighted by atomic mass is 127. The smallest absolute Gasteiger partial charge is 0.193 e. The van der Waals surface area contributed by atoms with Gasteiger partial charge in [0.15, 0.2) is 5.96 Å². The maximum absolute atomic E-state index is 6.33. The van der Waals surface area contributed by atoms with E-state index in [1.807, 2.05) is 25.2 Å². The molecule has 1 aromatic carbocycles. The molecule has 0 aromatic heterocycles. The summed E-state index contributed by atoms with van der Waals surface area (Å²) in [6, 6.07) is 8.05. The van der Waals surface area contributed by atoms with Crippen molar-refractivity contribution >= 4 is 47.2 Å². The van der Waals surface area contributed by atoms with Crippen LogP contribution in [0.4, 0.5) is 5.69 Å². The topological polar surface area (TPSA) is 49.3 Å². The van der Waals surface area contributed by atoms with Crippen LogP contribution in [0.2, 0.25) is 5.02 Å². The van der Waals surface area contributed by atoms with E-state index < -0.39 is 0 Å². The fourth-order valence-corrected chi connectivity index (χ4v) is 3.82. The van der Waals surface area contributed by atoms with Crippen LogP contribution in [0, 0.1) is 0 Å². The van der Waals surface area contributed by atoms with Gasteiger partial charge in [-0.15, -0.1) is 24.0 Å². The lowest BCUT2D eigenvalue weighted by molar-refractivity contribution is -0.0320. The summed E-state index contributed by atoms with van der Waals surface area (Å²) in [7, 11) is 1.85. The first-order chi connectivity index (χ1) is 13.3. The average molecular weight is 523 g/mol. The quantitative estimate of drug-likeness (QED) is 0.269. The molecule has 0 saturated carbocycles. The Bertz CT molecular complexity index is 606. The second kappa shape index (κ2) is 12.7. The largest absolute Gasteiger partial charge is 0.381 e. The highest BCUT2D eigenvalue weighted by molar-refractivity contribution is 14.0. The van der Waals surface area contributed by atoms with Gasteiger partial charge in [-0.2, -0.15) is 0 Å². The predicted molar refractivity (Wildman–Crippen MR) is 126 cm³/mol. The molecule has 0 amide bonds. The molecule has 3 rings (SSSR count). The van der Waals surface area contributed by atoms with Gasteiger partial charge in [-0.3, -0.25) is 4.99 Å². The van der Waals surface area contributed by atoms with Crippen molar-refractivity contribution in [3.05, 3.63) is 29.3 Å². The molecule has 6 nitrogen and oxygen atoms in total. The van der Waals surface area contributed by atoms with Crippen LogP contribution in [0.25, 0.3) is 0 Å². The molecule has 28 heavy (non-hydrogen) atoms. The number of benzene rings is 1. The fourth-order valence-electron chi connectivity index (χ4n) is 3.56. The molecule has 158 valence electrons. The Morgan fingerprint density at radius 1 is 1.21 bits per heavy atom. The number of piperazine rings is 1. The lowest BCUT2D eigenvalue weighted by Gasteiger charge is -2.38. The lowest BCUT2D eigenvalue weighted by Crippen LogP contribution is -2.52. The first-order valence-corrected chi connectivity index (χ1v) is 10.3. The van der Waals surface area contributed by atoms with E-state index in [4.69, 9.17) is 21.1 Å². The molecule has 2 fully saturated rings. The number of para-hydroxylation sites is 1. The van der Waals surface area contributed by atoms with Gasteiger partial charge in [0.25, 0.3) is 0 Å². The molecule has 0 radical (unpaired) electrons. The van der Waals surface area contributed by atoms with E-state index in [9.17, 15) is 0 Å². The summed E-state index contributed by atoms with van der Waals surface area (Å²) >= 11 is 6.33. The molecule has 0 atom stereocenters. The van der Waals surface area contributed by atoms with Gasteiger partial charge in [0, 0.05) is 59.6 Å². The minimum Gasteiger partial charge on any atom is -0.381 e. The number of ether oxygens (including phenoxy) is 2. The number of nitrogens with zero attached hydrogens (tertiary/aromatic N) is 3. The van der Waals surface area contributed by atoms with Crippen molar-refractivity contribution in [1.29, 1.82) is 0 Å². The standard InChI is InChI=1S/C20H31ClN4O2.HI/c1-22-20(23-9-4-14-27-17-7-15-26-16-8-17)25-12-10-24(11-13-25)19-6-3-2-5-18(19)21;/h2-3,5-6,17H,4,7-16H2,1H3,(H,22,23);1H. The third-order valence-corrected chi connectivity index (χ3v) is 5.43. The summed E-state index contributed by atoms with van der Waals surface area (Å²) in [6.07, 6.45) is 3.39. The van der Waals surface area contributed by atoms with Crippen LogP contribution in [0.1, 0.15) is 19.3 Å². The number of hydrogen-bond acceptors (Lipinski definition) is 4. The SMILES string of the molecule is CN=C(NCCCOC1CCOCC1)N1CCN(c2ccccc2Cl)CC1.I. The van der Waals surface area contributed by atoms with Crippen molar-refractivity contribution in [3.8, 4) is 0 Å². The summed E-state index contributed by atoms with van der Waals surface area (Å²) in [4.78, 5) is 9.10. The van der Waals surface area contributed by atoms with Crippen LogP contribution in [0.5, 0.6) is 0 Å². The highest BCUT2D eigenvalue weighted by Gasteiger charge is 2.21. The summed E-state index contributed by atoms with van der Waals surface area (Å²) < 4.78 is 11.3. The van der Waals surface area contributed by atoms with Crippen LogP contribution in [-0.4, -0.2) is 76.6 Å². The number of guanidine groups is 1. The third-order valence-electron chi connectivity index (χ3n) is 5.11. The molecule has 2 heterocycles. The zero-order chi connectivity index (χ0) is 18.9. The van der Waals surface area contributed by atoms with Crippen LogP contribution >= 0.6 is 35.6 Å².